The fraction of sp³-hybridized carbons (Fsp3) is 0.700. The van der Waals surface area contributed by atoms with Gasteiger partial charge in [0.05, 0.1) is 6.07 Å². The molecule has 0 aromatic rings. The molecule has 0 spiro atoms. The molecule has 6 nitrogen and oxygen atoms in total. The van der Waals surface area contributed by atoms with E-state index in [4.69, 9.17) is 10.4 Å². The summed E-state index contributed by atoms with van der Waals surface area (Å²) < 4.78 is 0. The number of hydrogen-bond donors (Lipinski definition) is 2. The molecule has 2 atom stereocenters. The average Bonchev–Trinajstić information content (AvgIpc) is 2.28. The molecule has 0 aromatic heterocycles. The number of likely N-dealkylation sites (tertiary alicyclic amines) is 1. The summed E-state index contributed by atoms with van der Waals surface area (Å²) in [4.78, 5) is 23.2. The number of nitrogens with zero attached hydrogens (tertiary/aromatic N) is 2. The van der Waals surface area contributed by atoms with Gasteiger partial charge in [-0.2, -0.15) is 5.26 Å². The number of hydrogen-bond acceptors (Lipinski definition) is 4. The van der Waals surface area contributed by atoms with Crippen molar-refractivity contribution >= 4 is 12.3 Å². The maximum absolute atomic E-state index is 11.3. The van der Waals surface area contributed by atoms with Gasteiger partial charge in [0, 0.05) is 25.6 Å². The number of amides is 2. The zero-order valence-electron chi connectivity index (χ0n) is 8.93. The van der Waals surface area contributed by atoms with E-state index in [1.54, 1.807) is 0 Å². The number of carbonyl (C=O) groups excluding carboxylic acids is 2. The van der Waals surface area contributed by atoms with Crippen LogP contribution >= 0.6 is 0 Å². The van der Waals surface area contributed by atoms with Gasteiger partial charge >= 0.3 is 0 Å². The van der Waals surface area contributed by atoms with Crippen LogP contribution in [0.3, 0.4) is 0 Å². The summed E-state index contributed by atoms with van der Waals surface area (Å²) >= 11 is 0. The van der Waals surface area contributed by atoms with Gasteiger partial charge < -0.3 is 15.3 Å². The standard InChI is InChI=1S/C10H15N3O3/c11-2-1-8-3-9(12-7-15)5-13(4-8)10(16)6-14/h7-9,14H,1,3-6H2,(H,12,15). The Morgan fingerprint density at radius 1 is 1.62 bits per heavy atom. The molecule has 6 heteroatoms. The largest absolute Gasteiger partial charge is 0.387 e. The first-order valence-corrected chi connectivity index (χ1v) is 5.16. The molecule has 1 rings (SSSR count). The molecule has 88 valence electrons. The second-order valence-corrected chi connectivity index (χ2v) is 3.90. The van der Waals surface area contributed by atoms with E-state index >= 15 is 0 Å². The van der Waals surface area contributed by atoms with Crippen molar-refractivity contribution in [3.8, 4) is 6.07 Å². The SMILES string of the molecule is N#CCC1CC(NC=O)CN(C(=O)CO)C1. The van der Waals surface area contributed by atoms with Gasteiger partial charge in [0.15, 0.2) is 0 Å². The van der Waals surface area contributed by atoms with Gasteiger partial charge in [-0.3, -0.25) is 9.59 Å². The van der Waals surface area contributed by atoms with Crippen molar-refractivity contribution in [2.45, 2.75) is 18.9 Å². The Balaban J connectivity index is 2.62. The first-order chi connectivity index (χ1) is 7.71. The van der Waals surface area contributed by atoms with Gasteiger partial charge in [-0.1, -0.05) is 0 Å². The van der Waals surface area contributed by atoms with E-state index in [2.05, 4.69) is 11.4 Å². The Hall–Kier alpha value is -1.61. The van der Waals surface area contributed by atoms with Gasteiger partial charge in [-0.25, -0.2) is 0 Å². The normalized spacial score (nSPS) is 24.6. The van der Waals surface area contributed by atoms with E-state index in [0.717, 1.165) is 0 Å². The van der Waals surface area contributed by atoms with Crippen LogP contribution in [0.15, 0.2) is 0 Å². The van der Waals surface area contributed by atoms with Crippen LogP contribution in [-0.2, 0) is 9.59 Å². The van der Waals surface area contributed by atoms with Gasteiger partial charge in [-0.05, 0) is 12.3 Å². The van der Waals surface area contributed by atoms with Crippen molar-refractivity contribution in [1.82, 2.24) is 10.2 Å². The van der Waals surface area contributed by atoms with Crippen LogP contribution in [0.1, 0.15) is 12.8 Å². The van der Waals surface area contributed by atoms with Crippen LogP contribution in [0.5, 0.6) is 0 Å². The lowest BCUT2D eigenvalue weighted by Gasteiger charge is -2.36. The molecule has 0 radical (unpaired) electrons. The Labute approximate surface area is 93.8 Å². The number of carbonyl (C=O) groups is 2. The maximum atomic E-state index is 11.3. The fourth-order valence-corrected chi connectivity index (χ4v) is 2.00. The molecular weight excluding hydrogens is 210 g/mol. The number of piperidine rings is 1. The lowest BCUT2D eigenvalue weighted by Crippen LogP contribution is -2.51. The van der Waals surface area contributed by atoms with Crippen molar-refractivity contribution < 1.29 is 14.7 Å². The van der Waals surface area contributed by atoms with Gasteiger partial charge in [0.1, 0.15) is 6.61 Å². The molecule has 1 heterocycles. The molecule has 1 saturated heterocycles. The first kappa shape index (κ1) is 12.5. The predicted octanol–water partition coefficient (Wildman–Crippen LogP) is -1.14. The molecule has 0 aromatic carbocycles. The van der Waals surface area contributed by atoms with Crippen molar-refractivity contribution in [3.63, 3.8) is 0 Å². The summed E-state index contributed by atoms with van der Waals surface area (Å²) in [6.45, 7) is 0.344. The van der Waals surface area contributed by atoms with Crippen molar-refractivity contribution in [3.05, 3.63) is 0 Å². The average molecular weight is 225 g/mol. The highest BCUT2D eigenvalue weighted by Crippen LogP contribution is 2.19. The molecule has 0 aliphatic carbocycles. The van der Waals surface area contributed by atoms with E-state index in [1.165, 1.54) is 4.90 Å². The number of nitrogens with one attached hydrogen (secondary N) is 1. The third kappa shape index (κ3) is 3.21. The second-order valence-electron chi connectivity index (χ2n) is 3.90. The number of rotatable bonds is 4. The summed E-state index contributed by atoms with van der Waals surface area (Å²) in [5, 5.41) is 20.0. The highest BCUT2D eigenvalue weighted by Gasteiger charge is 2.29. The summed E-state index contributed by atoms with van der Waals surface area (Å²) in [6.07, 6.45) is 1.65. The smallest absolute Gasteiger partial charge is 0.248 e. The Morgan fingerprint density at radius 3 is 2.94 bits per heavy atom. The van der Waals surface area contributed by atoms with Gasteiger partial charge in [0.2, 0.25) is 12.3 Å². The summed E-state index contributed by atoms with van der Waals surface area (Å²) in [5.74, 6) is -0.299. The third-order valence-electron chi connectivity index (χ3n) is 2.71. The summed E-state index contributed by atoms with van der Waals surface area (Å²) in [5.41, 5.74) is 0. The number of nitriles is 1. The van der Waals surface area contributed by atoms with Crippen LogP contribution in [-0.4, -0.2) is 48.1 Å². The van der Waals surface area contributed by atoms with Crippen LogP contribution in [0, 0.1) is 17.2 Å². The van der Waals surface area contributed by atoms with Gasteiger partial charge in [-0.15, -0.1) is 0 Å². The Kier molecular flexibility index (Phi) is 4.73. The van der Waals surface area contributed by atoms with E-state index < -0.39 is 6.61 Å². The minimum Gasteiger partial charge on any atom is -0.387 e. The van der Waals surface area contributed by atoms with E-state index in [-0.39, 0.29) is 17.9 Å². The third-order valence-corrected chi connectivity index (χ3v) is 2.71. The molecular formula is C10H15N3O3. The van der Waals surface area contributed by atoms with E-state index in [1.807, 2.05) is 0 Å². The van der Waals surface area contributed by atoms with E-state index in [0.29, 0.717) is 32.3 Å². The zero-order valence-corrected chi connectivity index (χ0v) is 8.93. The highest BCUT2D eigenvalue weighted by atomic mass is 16.3. The van der Waals surface area contributed by atoms with Crippen LogP contribution in [0.4, 0.5) is 0 Å². The Bertz CT molecular complexity index is 300. The maximum Gasteiger partial charge on any atom is 0.248 e. The van der Waals surface area contributed by atoms with Crippen molar-refractivity contribution in [2.75, 3.05) is 19.7 Å². The molecule has 1 aliphatic heterocycles. The van der Waals surface area contributed by atoms with E-state index in [9.17, 15) is 9.59 Å². The summed E-state index contributed by atoms with van der Waals surface area (Å²) in [6, 6.07) is 1.94. The molecule has 2 unspecified atom stereocenters. The lowest BCUT2D eigenvalue weighted by atomic mass is 9.92. The minimum atomic E-state index is -0.535. The monoisotopic (exact) mass is 225 g/mol. The summed E-state index contributed by atoms with van der Waals surface area (Å²) in [7, 11) is 0. The molecule has 2 N–H and O–H groups in total. The quantitative estimate of drug-likeness (QED) is 0.591. The topological polar surface area (TPSA) is 93.4 Å². The van der Waals surface area contributed by atoms with Crippen molar-refractivity contribution in [2.24, 2.45) is 5.92 Å². The molecule has 1 fully saturated rings. The fourth-order valence-electron chi connectivity index (χ4n) is 2.00. The van der Waals surface area contributed by atoms with Crippen molar-refractivity contribution in [1.29, 1.82) is 5.26 Å². The lowest BCUT2D eigenvalue weighted by molar-refractivity contribution is -0.136. The second kappa shape index (κ2) is 6.08. The van der Waals surface area contributed by atoms with Crippen LogP contribution < -0.4 is 5.32 Å². The minimum absolute atomic E-state index is 0.0618. The van der Waals surface area contributed by atoms with Crippen LogP contribution in [0.25, 0.3) is 0 Å². The number of aliphatic hydroxyl groups excluding tert-OH is 1. The molecule has 2 amide bonds. The Morgan fingerprint density at radius 2 is 2.38 bits per heavy atom. The molecule has 1 aliphatic rings. The molecule has 0 saturated carbocycles. The first-order valence-electron chi connectivity index (χ1n) is 5.16. The zero-order chi connectivity index (χ0) is 12.0. The molecule has 16 heavy (non-hydrogen) atoms. The number of aliphatic hydroxyl groups is 1. The van der Waals surface area contributed by atoms with Crippen LogP contribution in [0.2, 0.25) is 0 Å². The van der Waals surface area contributed by atoms with Gasteiger partial charge in [0.25, 0.3) is 0 Å². The highest BCUT2D eigenvalue weighted by molar-refractivity contribution is 5.77. The predicted molar refractivity (Wildman–Crippen MR) is 55.0 cm³/mol. The molecule has 0 bridgehead atoms.